The van der Waals surface area contributed by atoms with Gasteiger partial charge < -0.3 is 62.2 Å². The Kier molecular flexibility index (Phi) is 31.9. The number of carbonyl (C=O) groups excluding carboxylic acids is 4. The number of nitrogens with one attached hydrogen (secondary N) is 2. The van der Waals surface area contributed by atoms with Crippen LogP contribution in [0.4, 0.5) is 5.69 Å². The minimum atomic E-state index is -1.01. The lowest BCUT2D eigenvalue weighted by Crippen LogP contribution is -2.54. The number of imide groups is 2. The fraction of sp³-hybridized carbons (Fsp3) is 0.773. The number of hydrogen-bond acceptors (Lipinski definition) is 17. The standard InChI is InChI=1S/C44H73N3O16/c1-2-3-4-5-6-13-52-15-17-54-19-21-56-23-25-58-27-29-60-31-33-62-35-36-63-34-32-61-30-28-59-26-24-57-22-20-55-18-16-53-14-12-45-38-9-7-8-37-41(38)44(51)47(43(37)50)39-10-11-40(48)46-42(39)49/h7-9,39,45H,2-6,10-36H2,1H3,(H,46,48,49). The van der Waals surface area contributed by atoms with Gasteiger partial charge >= 0.3 is 0 Å². The molecule has 2 aliphatic heterocycles. The summed E-state index contributed by atoms with van der Waals surface area (Å²) in [6.07, 6.45) is 6.39. The van der Waals surface area contributed by atoms with Gasteiger partial charge in [0.1, 0.15) is 6.04 Å². The quantitative estimate of drug-likeness (QED) is 0.0714. The minimum absolute atomic E-state index is 0.0648. The first kappa shape index (κ1) is 54.2. The van der Waals surface area contributed by atoms with E-state index >= 15 is 0 Å². The highest BCUT2D eigenvalue weighted by molar-refractivity contribution is 6.25. The molecule has 19 heteroatoms. The number of hydrogen-bond donors (Lipinski definition) is 2. The van der Waals surface area contributed by atoms with Crippen molar-refractivity contribution >= 4 is 29.3 Å². The highest BCUT2D eigenvalue weighted by atomic mass is 16.6. The maximum atomic E-state index is 13.2. The van der Waals surface area contributed by atoms with Gasteiger partial charge in [-0.25, -0.2) is 0 Å². The number of fused-ring (bicyclic) bond motifs is 1. The summed E-state index contributed by atoms with van der Waals surface area (Å²) >= 11 is 0. The molecule has 0 aliphatic carbocycles. The number of anilines is 1. The molecule has 360 valence electrons. The first-order chi connectivity index (χ1) is 31.0. The van der Waals surface area contributed by atoms with E-state index in [1.54, 1.807) is 18.2 Å². The number of carbonyl (C=O) groups is 4. The molecule has 63 heavy (non-hydrogen) atoms. The average molecular weight is 900 g/mol. The number of ether oxygens (including phenoxy) is 12. The number of piperidine rings is 1. The van der Waals surface area contributed by atoms with Crippen molar-refractivity contribution in [2.75, 3.05) is 170 Å². The second-order valence-electron chi connectivity index (χ2n) is 14.4. The molecular weight excluding hydrogens is 826 g/mol. The molecule has 0 aromatic heterocycles. The molecule has 3 rings (SSSR count). The molecule has 19 nitrogen and oxygen atoms in total. The van der Waals surface area contributed by atoms with Crippen LogP contribution in [0.1, 0.15) is 72.6 Å². The predicted molar refractivity (Wildman–Crippen MR) is 230 cm³/mol. The van der Waals surface area contributed by atoms with Crippen LogP contribution in [-0.2, 0) is 66.4 Å². The third-order valence-corrected chi connectivity index (χ3v) is 9.51. The van der Waals surface area contributed by atoms with Crippen LogP contribution in [0.15, 0.2) is 18.2 Å². The van der Waals surface area contributed by atoms with Crippen molar-refractivity contribution in [3.05, 3.63) is 29.3 Å². The molecule has 2 N–H and O–H groups in total. The normalized spacial score (nSPS) is 15.1. The highest BCUT2D eigenvalue weighted by Gasteiger charge is 2.45. The number of benzene rings is 1. The number of unbranched alkanes of at least 4 members (excludes halogenated alkanes) is 4. The lowest BCUT2D eigenvalue weighted by molar-refractivity contribution is -0.136. The summed E-state index contributed by atoms with van der Waals surface area (Å²) in [5.41, 5.74) is 0.906. The van der Waals surface area contributed by atoms with E-state index < -0.39 is 29.7 Å². The summed E-state index contributed by atoms with van der Waals surface area (Å²) < 4.78 is 66.3. The van der Waals surface area contributed by atoms with Crippen LogP contribution in [0.5, 0.6) is 0 Å². The molecule has 1 aromatic rings. The van der Waals surface area contributed by atoms with Crippen molar-refractivity contribution in [1.82, 2.24) is 10.2 Å². The molecule has 1 unspecified atom stereocenters. The van der Waals surface area contributed by atoms with Crippen LogP contribution in [0.2, 0.25) is 0 Å². The summed E-state index contributed by atoms with van der Waals surface area (Å²) in [7, 11) is 0. The molecule has 2 aliphatic rings. The third kappa shape index (κ3) is 24.6. The lowest BCUT2D eigenvalue weighted by atomic mass is 10.0. The molecule has 0 saturated carbocycles. The van der Waals surface area contributed by atoms with E-state index in [0.29, 0.717) is 164 Å². The van der Waals surface area contributed by atoms with Crippen molar-refractivity contribution in [2.45, 2.75) is 57.9 Å². The number of rotatable bonds is 44. The Morgan fingerprint density at radius 1 is 0.508 bits per heavy atom. The summed E-state index contributed by atoms with van der Waals surface area (Å²) in [5, 5.41) is 5.34. The third-order valence-electron chi connectivity index (χ3n) is 9.51. The topological polar surface area (TPSA) is 206 Å². The maximum absolute atomic E-state index is 13.2. The van der Waals surface area contributed by atoms with Crippen LogP contribution in [0, 0.1) is 0 Å². The summed E-state index contributed by atoms with van der Waals surface area (Å²) in [6.45, 7) is 14.4. The molecule has 0 bridgehead atoms. The smallest absolute Gasteiger partial charge is 0.264 e. The van der Waals surface area contributed by atoms with E-state index in [1.807, 2.05) is 0 Å². The van der Waals surface area contributed by atoms with Crippen molar-refractivity contribution in [3.8, 4) is 0 Å². The Morgan fingerprint density at radius 2 is 0.905 bits per heavy atom. The van der Waals surface area contributed by atoms with Gasteiger partial charge in [-0.1, -0.05) is 38.7 Å². The second-order valence-corrected chi connectivity index (χ2v) is 14.4. The molecule has 2 heterocycles. The molecule has 4 amide bonds. The molecule has 1 aromatic carbocycles. The van der Waals surface area contributed by atoms with Crippen molar-refractivity contribution < 1.29 is 76.0 Å². The van der Waals surface area contributed by atoms with E-state index in [-0.39, 0.29) is 24.0 Å². The Morgan fingerprint density at radius 3 is 1.32 bits per heavy atom. The van der Waals surface area contributed by atoms with E-state index in [0.717, 1.165) is 17.9 Å². The molecule has 0 radical (unpaired) electrons. The van der Waals surface area contributed by atoms with Gasteiger partial charge in [0.15, 0.2) is 0 Å². The Bertz CT molecular complexity index is 1370. The zero-order valence-electron chi connectivity index (χ0n) is 37.4. The van der Waals surface area contributed by atoms with E-state index in [4.69, 9.17) is 56.8 Å². The number of amides is 4. The van der Waals surface area contributed by atoms with Crippen LogP contribution in [0.3, 0.4) is 0 Å². The Balaban J connectivity index is 0.958. The van der Waals surface area contributed by atoms with Gasteiger partial charge in [-0.05, 0) is 25.0 Å². The largest absolute Gasteiger partial charge is 0.382 e. The Hall–Kier alpha value is -3.18. The zero-order chi connectivity index (χ0) is 44.8. The molecule has 1 saturated heterocycles. The highest BCUT2D eigenvalue weighted by Crippen LogP contribution is 2.32. The number of nitrogens with zero attached hydrogens (tertiary/aromatic N) is 1. The summed E-state index contributed by atoms with van der Waals surface area (Å²) in [4.78, 5) is 50.9. The van der Waals surface area contributed by atoms with Crippen molar-refractivity contribution in [2.24, 2.45) is 0 Å². The van der Waals surface area contributed by atoms with E-state index in [1.165, 1.54) is 25.7 Å². The van der Waals surface area contributed by atoms with E-state index in [9.17, 15) is 19.2 Å². The zero-order valence-corrected chi connectivity index (χ0v) is 37.4. The second kappa shape index (κ2) is 37.1. The monoisotopic (exact) mass is 899 g/mol. The molecular formula is C44H73N3O16. The van der Waals surface area contributed by atoms with Crippen LogP contribution in [0.25, 0.3) is 0 Å². The predicted octanol–water partition coefficient (Wildman–Crippen LogP) is 2.67. The average Bonchev–Trinajstić information content (AvgIpc) is 3.54. The molecule has 1 fully saturated rings. The van der Waals surface area contributed by atoms with Gasteiger partial charge in [0, 0.05) is 25.3 Å². The minimum Gasteiger partial charge on any atom is -0.382 e. The first-order valence-corrected chi connectivity index (χ1v) is 22.6. The van der Waals surface area contributed by atoms with E-state index in [2.05, 4.69) is 17.6 Å². The van der Waals surface area contributed by atoms with Gasteiger partial charge in [0.05, 0.1) is 163 Å². The first-order valence-electron chi connectivity index (χ1n) is 22.6. The lowest BCUT2D eigenvalue weighted by Gasteiger charge is -2.27. The summed E-state index contributed by atoms with van der Waals surface area (Å²) in [5.74, 6) is -2.17. The van der Waals surface area contributed by atoms with Gasteiger partial charge in [-0.15, -0.1) is 0 Å². The summed E-state index contributed by atoms with van der Waals surface area (Å²) in [6, 6.07) is 3.91. The van der Waals surface area contributed by atoms with Gasteiger partial charge in [-0.2, -0.15) is 0 Å². The van der Waals surface area contributed by atoms with Crippen LogP contribution in [-0.4, -0.2) is 200 Å². The maximum Gasteiger partial charge on any atom is 0.264 e. The molecule has 0 spiro atoms. The van der Waals surface area contributed by atoms with Crippen LogP contribution >= 0.6 is 0 Å². The fourth-order valence-electron chi connectivity index (χ4n) is 6.25. The Labute approximate surface area is 372 Å². The fourth-order valence-corrected chi connectivity index (χ4v) is 6.25. The van der Waals surface area contributed by atoms with Crippen molar-refractivity contribution in [3.63, 3.8) is 0 Å². The van der Waals surface area contributed by atoms with Crippen molar-refractivity contribution in [1.29, 1.82) is 0 Å². The molecule has 1 atom stereocenters. The van der Waals surface area contributed by atoms with Gasteiger partial charge in [0.25, 0.3) is 11.8 Å². The SMILES string of the molecule is CCCCCCCOCCOCCOCCOCCOCCOCCOCCOCCOCCOCCOCCOCCNc1cccc2c1C(=O)N(C1CCC(=O)NC1=O)C2=O. The van der Waals surface area contributed by atoms with Gasteiger partial charge in [-0.3, -0.25) is 29.4 Å². The van der Waals surface area contributed by atoms with Crippen LogP contribution < -0.4 is 10.6 Å². The van der Waals surface area contributed by atoms with Gasteiger partial charge in [0.2, 0.25) is 11.8 Å².